The zero-order valence-corrected chi connectivity index (χ0v) is 14.1. The Kier molecular flexibility index (Phi) is 5.18. The van der Waals surface area contributed by atoms with Gasteiger partial charge in [-0.1, -0.05) is 12.1 Å². The van der Waals surface area contributed by atoms with Crippen LogP contribution >= 0.6 is 0 Å². The molecule has 0 radical (unpaired) electrons. The number of hydrogen-bond donors (Lipinski definition) is 1. The van der Waals surface area contributed by atoms with Crippen molar-refractivity contribution in [3.63, 3.8) is 0 Å². The highest BCUT2D eigenvalue weighted by molar-refractivity contribution is 5.91. The van der Waals surface area contributed by atoms with Crippen molar-refractivity contribution in [2.45, 2.75) is 26.4 Å². The van der Waals surface area contributed by atoms with E-state index in [0.717, 1.165) is 11.1 Å². The van der Waals surface area contributed by atoms with Crippen molar-refractivity contribution in [3.8, 4) is 11.1 Å². The van der Waals surface area contributed by atoms with E-state index in [9.17, 15) is 9.59 Å². The SMILES string of the molecule is COC(=O)c1cccc(-c2ccc(NC(=O)OC(C)(C)C)nc2)c1. The first-order valence-corrected chi connectivity index (χ1v) is 7.43. The lowest BCUT2D eigenvalue weighted by atomic mass is 10.0. The zero-order chi connectivity index (χ0) is 17.7. The summed E-state index contributed by atoms with van der Waals surface area (Å²) < 4.78 is 9.88. The van der Waals surface area contributed by atoms with Crippen molar-refractivity contribution in [3.05, 3.63) is 48.2 Å². The van der Waals surface area contributed by atoms with Crippen LogP contribution in [0.5, 0.6) is 0 Å². The first kappa shape index (κ1) is 17.5. The van der Waals surface area contributed by atoms with E-state index in [0.29, 0.717) is 11.4 Å². The molecule has 0 atom stereocenters. The van der Waals surface area contributed by atoms with Crippen LogP contribution in [0.2, 0.25) is 0 Å². The van der Waals surface area contributed by atoms with Crippen LogP contribution in [0.4, 0.5) is 10.6 Å². The van der Waals surface area contributed by atoms with E-state index in [1.54, 1.807) is 57.3 Å². The van der Waals surface area contributed by atoms with E-state index in [-0.39, 0.29) is 0 Å². The lowest BCUT2D eigenvalue weighted by Crippen LogP contribution is -2.27. The predicted molar refractivity (Wildman–Crippen MR) is 90.9 cm³/mol. The number of hydrogen-bond acceptors (Lipinski definition) is 5. The standard InChI is InChI=1S/C18H20N2O4/c1-18(2,3)24-17(22)20-15-9-8-14(11-19-15)12-6-5-7-13(10-12)16(21)23-4/h5-11H,1-4H3,(H,19,20,22). The van der Waals surface area contributed by atoms with E-state index in [1.807, 2.05) is 6.07 Å². The third-order valence-corrected chi connectivity index (χ3v) is 3.01. The highest BCUT2D eigenvalue weighted by Gasteiger charge is 2.16. The molecule has 1 aromatic heterocycles. The van der Waals surface area contributed by atoms with Gasteiger partial charge in [-0.15, -0.1) is 0 Å². The van der Waals surface area contributed by atoms with Crippen LogP contribution in [-0.2, 0) is 9.47 Å². The molecular formula is C18H20N2O4. The molecule has 2 rings (SSSR count). The Hall–Kier alpha value is -2.89. The van der Waals surface area contributed by atoms with Gasteiger partial charge in [-0.25, -0.2) is 14.6 Å². The molecule has 6 heteroatoms. The van der Waals surface area contributed by atoms with Crippen LogP contribution in [0, 0.1) is 0 Å². The molecule has 0 aliphatic rings. The Morgan fingerprint density at radius 3 is 2.42 bits per heavy atom. The van der Waals surface area contributed by atoms with E-state index in [1.165, 1.54) is 7.11 Å². The van der Waals surface area contributed by atoms with Gasteiger partial charge < -0.3 is 9.47 Å². The summed E-state index contributed by atoms with van der Waals surface area (Å²) >= 11 is 0. The van der Waals surface area contributed by atoms with Gasteiger partial charge in [0.25, 0.3) is 0 Å². The van der Waals surface area contributed by atoms with E-state index >= 15 is 0 Å². The lowest BCUT2D eigenvalue weighted by Gasteiger charge is -2.19. The number of nitrogens with one attached hydrogen (secondary N) is 1. The van der Waals surface area contributed by atoms with Crippen molar-refractivity contribution >= 4 is 17.9 Å². The second kappa shape index (κ2) is 7.12. The number of amides is 1. The zero-order valence-electron chi connectivity index (χ0n) is 14.1. The van der Waals surface area contributed by atoms with Gasteiger partial charge in [-0.3, -0.25) is 5.32 Å². The van der Waals surface area contributed by atoms with Gasteiger partial charge in [0.1, 0.15) is 11.4 Å². The fourth-order valence-electron chi connectivity index (χ4n) is 1.99. The molecule has 1 heterocycles. The van der Waals surface area contributed by atoms with Crippen LogP contribution < -0.4 is 5.32 Å². The largest absolute Gasteiger partial charge is 0.465 e. The van der Waals surface area contributed by atoms with Crippen LogP contribution in [0.25, 0.3) is 11.1 Å². The number of nitrogens with zero attached hydrogens (tertiary/aromatic N) is 1. The Bertz CT molecular complexity index is 733. The van der Waals surface area contributed by atoms with E-state index < -0.39 is 17.7 Å². The number of pyridine rings is 1. The highest BCUT2D eigenvalue weighted by Crippen LogP contribution is 2.21. The molecule has 126 valence electrons. The van der Waals surface area contributed by atoms with Gasteiger partial charge in [0.05, 0.1) is 12.7 Å². The maximum atomic E-state index is 11.7. The Morgan fingerprint density at radius 2 is 1.83 bits per heavy atom. The average Bonchev–Trinajstić information content (AvgIpc) is 2.53. The maximum Gasteiger partial charge on any atom is 0.413 e. The number of aromatic nitrogens is 1. The molecule has 1 N–H and O–H groups in total. The van der Waals surface area contributed by atoms with Gasteiger partial charge in [0, 0.05) is 11.8 Å². The quantitative estimate of drug-likeness (QED) is 0.865. The topological polar surface area (TPSA) is 77.5 Å². The minimum Gasteiger partial charge on any atom is -0.465 e. The smallest absolute Gasteiger partial charge is 0.413 e. The summed E-state index contributed by atoms with van der Waals surface area (Å²) in [7, 11) is 1.34. The molecule has 2 aromatic rings. The number of anilines is 1. The Balaban J connectivity index is 2.12. The van der Waals surface area contributed by atoms with Gasteiger partial charge >= 0.3 is 12.1 Å². The molecule has 0 unspecified atom stereocenters. The van der Waals surface area contributed by atoms with Crippen LogP contribution in [0.1, 0.15) is 31.1 Å². The summed E-state index contributed by atoms with van der Waals surface area (Å²) in [4.78, 5) is 27.5. The summed E-state index contributed by atoms with van der Waals surface area (Å²) in [5.74, 6) is -0.00913. The summed E-state index contributed by atoms with van der Waals surface area (Å²) in [5.41, 5.74) is 1.54. The first-order valence-electron chi connectivity index (χ1n) is 7.43. The minimum atomic E-state index is -0.571. The van der Waals surface area contributed by atoms with Gasteiger partial charge in [-0.2, -0.15) is 0 Å². The average molecular weight is 328 g/mol. The number of esters is 1. The predicted octanol–water partition coefficient (Wildman–Crippen LogP) is 3.88. The van der Waals surface area contributed by atoms with Crippen LogP contribution in [0.3, 0.4) is 0 Å². The third-order valence-electron chi connectivity index (χ3n) is 3.01. The third kappa shape index (κ3) is 4.81. The van der Waals surface area contributed by atoms with E-state index in [2.05, 4.69) is 10.3 Å². The molecule has 0 aliphatic carbocycles. The molecule has 0 saturated heterocycles. The second-order valence-corrected chi connectivity index (χ2v) is 6.13. The van der Waals surface area contributed by atoms with E-state index in [4.69, 9.17) is 9.47 Å². The molecular weight excluding hydrogens is 308 g/mol. The highest BCUT2D eigenvalue weighted by atomic mass is 16.6. The van der Waals surface area contributed by atoms with Crippen molar-refractivity contribution in [2.24, 2.45) is 0 Å². The fraction of sp³-hybridized carbons (Fsp3) is 0.278. The fourth-order valence-corrected chi connectivity index (χ4v) is 1.99. The summed E-state index contributed by atoms with van der Waals surface area (Å²) in [5, 5.41) is 2.57. The molecule has 24 heavy (non-hydrogen) atoms. The summed E-state index contributed by atoms with van der Waals surface area (Å²) in [6.45, 7) is 5.37. The lowest BCUT2D eigenvalue weighted by molar-refractivity contribution is 0.0598. The number of benzene rings is 1. The van der Waals surface area contributed by atoms with Crippen LogP contribution in [0.15, 0.2) is 42.6 Å². The van der Waals surface area contributed by atoms with Crippen molar-refractivity contribution in [1.82, 2.24) is 4.98 Å². The van der Waals surface area contributed by atoms with Gasteiger partial charge in [-0.05, 0) is 50.6 Å². The maximum absolute atomic E-state index is 11.7. The molecule has 1 amide bonds. The molecule has 6 nitrogen and oxygen atoms in total. The Labute approximate surface area is 140 Å². The minimum absolute atomic E-state index is 0.386. The number of ether oxygens (including phenoxy) is 2. The molecule has 0 spiro atoms. The summed E-state index contributed by atoms with van der Waals surface area (Å²) in [6, 6.07) is 10.5. The monoisotopic (exact) mass is 328 g/mol. The number of carbonyl (C=O) groups excluding carboxylic acids is 2. The number of carbonyl (C=O) groups is 2. The second-order valence-electron chi connectivity index (χ2n) is 6.13. The van der Waals surface area contributed by atoms with Gasteiger partial charge in [0.2, 0.25) is 0 Å². The van der Waals surface area contributed by atoms with Gasteiger partial charge in [0.15, 0.2) is 0 Å². The normalized spacial score (nSPS) is 10.8. The summed E-state index contributed by atoms with van der Waals surface area (Å²) in [6.07, 6.45) is 1.05. The molecule has 1 aromatic carbocycles. The number of rotatable bonds is 3. The molecule has 0 bridgehead atoms. The van der Waals surface area contributed by atoms with Crippen molar-refractivity contribution < 1.29 is 19.1 Å². The first-order chi connectivity index (χ1) is 11.3. The molecule has 0 saturated carbocycles. The number of methoxy groups -OCH3 is 1. The Morgan fingerprint density at radius 1 is 1.08 bits per heavy atom. The molecule has 0 fully saturated rings. The van der Waals surface area contributed by atoms with Crippen LogP contribution in [-0.4, -0.2) is 29.8 Å². The molecule has 0 aliphatic heterocycles. The van der Waals surface area contributed by atoms with Crippen molar-refractivity contribution in [2.75, 3.05) is 12.4 Å². The van der Waals surface area contributed by atoms with Crippen molar-refractivity contribution in [1.29, 1.82) is 0 Å².